The van der Waals surface area contributed by atoms with Crippen LogP contribution in [0.4, 0.5) is 4.39 Å². The van der Waals surface area contributed by atoms with Crippen molar-refractivity contribution in [3.63, 3.8) is 0 Å². The Morgan fingerprint density at radius 2 is 2.00 bits per heavy atom. The summed E-state index contributed by atoms with van der Waals surface area (Å²) in [5, 5.41) is 20.8. The van der Waals surface area contributed by atoms with E-state index in [-0.39, 0.29) is 18.9 Å². The molecule has 4 N–H and O–H groups in total. The Labute approximate surface area is 153 Å². The number of hydrogen-bond donors (Lipinski definition) is 4. The molecule has 1 aliphatic rings. The molecule has 4 atom stereocenters. The van der Waals surface area contributed by atoms with Crippen molar-refractivity contribution in [2.45, 2.75) is 70.7 Å². The van der Waals surface area contributed by atoms with E-state index >= 15 is 0 Å². The number of halogens is 1. The zero-order chi connectivity index (χ0) is 19.7. The van der Waals surface area contributed by atoms with Gasteiger partial charge in [-0.1, -0.05) is 26.7 Å². The van der Waals surface area contributed by atoms with Gasteiger partial charge in [-0.15, -0.1) is 0 Å². The Morgan fingerprint density at radius 3 is 2.58 bits per heavy atom. The van der Waals surface area contributed by atoms with Crippen LogP contribution in [0.25, 0.3) is 0 Å². The number of nitrogens with one attached hydrogen (secondary N) is 2. The topological polar surface area (TPSA) is 119 Å². The van der Waals surface area contributed by atoms with Gasteiger partial charge in [0.1, 0.15) is 6.04 Å². The molecule has 1 saturated heterocycles. The zero-order valence-corrected chi connectivity index (χ0v) is 15.4. The van der Waals surface area contributed by atoms with Gasteiger partial charge in [-0.05, 0) is 25.7 Å². The van der Waals surface area contributed by atoms with Crippen molar-refractivity contribution >= 4 is 17.7 Å². The summed E-state index contributed by atoms with van der Waals surface area (Å²) >= 11 is 0. The summed E-state index contributed by atoms with van der Waals surface area (Å²) in [4.78, 5) is 37.9. The number of alkyl halides is 1. The maximum absolute atomic E-state index is 14.4. The van der Waals surface area contributed by atoms with E-state index in [9.17, 15) is 23.9 Å². The molecule has 0 bridgehead atoms. The predicted octanol–water partition coefficient (Wildman–Crippen LogP) is 0.514. The van der Waals surface area contributed by atoms with E-state index in [1.165, 1.54) is 10.4 Å². The number of likely N-dealkylation sites (tertiary alicyclic amines) is 1. The molecular formula is C17H30FN3O5. The molecule has 3 amide bonds. The number of amides is 3. The summed E-state index contributed by atoms with van der Waals surface area (Å²) in [6, 6.07) is -0.736. The van der Waals surface area contributed by atoms with Crippen LogP contribution >= 0.6 is 0 Å². The lowest BCUT2D eigenvalue weighted by atomic mass is 9.94. The van der Waals surface area contributed by atoms with E-state index in [0.717, 1.165) is 6.42 Å². The Bertz CT molecular complexity index is 491. The largest absolute Gasteiger partial charge is 0.391 e. The fraction of sp³-hybridized carbons (Fsp3) is 0.824. The first-order valence-corrected chi connectivity index (χ1v) is 9.21. The molecule has 9 heteroatoms. The summed E-state index contributed by atoms with van der Waals surface area (Å²) in [5.41, 5.74) is 1.25. The molecular weight excluding hydrogens is 345 g/mol. The molecule has 8 nitrogen and oxygen atoms in total. The SMILES string of the molecule is CCCC[C@@H](C(=O)N1CCC[C@H]1C(=O)NC[C@@H](O)CC)[C@H](F)C(=O)NO. The van der Waals surface area contributed by atoms with Crippen molar-refractivity contribution in [3.05, 3.63) is 0 Å². The molecule has 1 aliphatic heterocycles. The van der Waals surface area contributed by atoms with Crippen LogP contribution < -0.4 is 10.8 Å². The summed E-state index contributed by atoms with van der Waals surface area (Å²) in [7, 11) is 0. The molecule has 1 rings (SSSR count). The summed E-state index contributed by atoms with van der Waals surface area (Å²) in [6.45, 7) is 4.06. The molecule has 0 radical (unpaired) electrons. The first kappa shape index (κ1) is 22.3. The minimum Gasteiger partial charge on any atom is -0.391 e. The van der Waals surface area contributed by atoms with Gasteiger partial charge in [-0.25, -0.2) is 9.87 Å². The van der Waals surface area contributed by atoms with Crippen LogP contribution in [0.5, 0.6) is 0 Å². The zero-order valence-electron chi connectivity index (χ0n) is 15.4. The molecule has 0 aromatic carbocycles. The fourth-order valence-corrected chi connectivity index (χ4v) is 3.06. The molecule has 0 spiro atoms. The second-order valence-corrected chi connectivity index (χ2v) is 6.62. The van der Waals surface area contributed by atoms with Crippen LogP contribution in [0, 0.1) is 5.92 Å². The average molecular weight is 375 g/mol. The quantitative estimate of drug-likeness (QED) is 0.328. The van der Waals surface area contributed by atoms with Crippen LogP contribution in [-0.2, 0) is 14.4 Å². The van der Waals surface area contributed by atoms with Crippen molar-refractivity contribution in [1.82, 2.24) is 15.7 Å². The summed E-state index contributed by atoms with van der Waals surface area (Å²) < 4.78 is 14.4. The van der Waals surface area contributed by atoms with Gasteiger partial charge in [-0.2, -0.15) is 0 Å². The normalized spacial score (nSPS) is 20.3. The van der Waals surface area contributed by atoms with Crippen molar-refractivity contribution in [2.24, 2.45) is 5.92 Å². The first-order chi connectivity index (χ1) is 12.4. The predicted molar refractivity (Wildman–Crippen MR) is 91.9 cm³/mol. The molecule has 0 aromatic rings. The number of carbonyl (C=O) groups is 3. The molecule has 150 valence electrons. The van der Waals surface area contributed by atoms with E-state index in [2.05, 4.69) is 5.32 Å². The van der Waals surface area contributed by atoms with Gasteiger partial charge in [0.25, 0.3) is 5.91 Å². The third kappa shape index (κ3) is 5.91. The first-order valence-electron chi connectivity index (χ1n) is 9.21. The van der Waals surface area contributed by atoms with Crippen LogP contribution in [-0.4, -0.2) is 64.3 Å². The van der Waals surface area contributed by atoms with Gasteiger partial charge in [0.05, 0.1) is 12.0 Å². The Hall–Kier alpha value is -1.74. The van der Waals surface area contributed by atoms with E-state index in [0.29, 0.717) is 32.2 Å². The molecule has 1 heterocycles. The number of rotatable bonds is 10. The van der Waals surface area contributed by atoms with E-state index < -0.39 is 36.0 Å². The van der Waals surface area contributed by atoms with Crippen LogP contribution in [0.1, 0.15) is 52.4 Å². The van der Waals surface area contributed by atoms with Gasteiger partial charge in [-0.3, -0.25) is 19.6 Å². The summed E-state index contributed by atoms with van der Waals surface area (Å²) in [6.07, 6.45) is 0.123. The molecule has 0 aliphatic carbocycles. The number of aliphatic hydroxyl groups excluding tert-OH is 1. The van der Waals surface area contributed by atoms with E-state index in [1.54, 1.807) is 6.92 Å². The van der Waals surface area contributed by atoms with Gasteiger partial charge in [0.2, 0.25) is 11.8 Å². The Balaban J connectivity index is 2.84. The van der Waals surface area contributed by atoms with Crippen molar-refractivity contribution in [2.75, 3.05) is 13.1 Å². The smallest absolute Gasteiger partial charge is 0.278 e. The maximum Gasteiger partial charge on any atom is 0.278 e. The molecule has 0 unspecified atom stereocenters. The minimum atomic E-state index is -2.18. The number of nitrogens with zero attached hydrogens (tertiary/aromatic N) is 1. The van der Waals surface area contributed by atoms with Gasteiger partial charge in [0.15, 0.2) is 6.17 Å². The fourth-order valence-electron chi connectivity index (χ4n) is 3.06. The summed E-state index contributed by atoms with van der Waals surface area (Å²) in [5.74, 6) is -3.48. The van der Waals surface area contributed by atoms with E-state index in [4.69, 9.17) is 5.21 Å². The standard InChI is InChI=1S/C17H30FN3O5/c1-3-5-7-12(14(18)16(24)20-26)17(25)21-9-6-8-13(21)15(23)19-10-11(22)4-2/h11-14,22,26H,3-10H2,1-2H3,(H,19,23)(H,20,24)/t11-,12+,13-,14-/m0/s1. The van der Waals surface area contributed by atoms with Crippen LogP contribution in [0.15, 0.2) is 0 Å². The Kier molecular flexibility index (Phi) is 9.50. The number of aliphatic hydroxyl groups is 1. The highest BCUT2D eigenvalue weighted by Crippen LogP contribution is 2.25. The van der Waals surface area contributed by atoms with Crippen molar-refractivity contribution < 1.29 is 29.1 Å². The lowest BCUT2D eigenvalue weighted by Crippen LogP contribution is -2.51. The minimum absolute atomic E-state index is 0.0891. The second-order valence-electron chi connectivity index (χ2n) is 6.62. The van der Waals surface area contributed by atoms with Crippen LogP contribution in [0.2, 0.25) is 0 Å². The lowest BCUT2D eigenvalue weighted by Gasteiger charge is -2.29. The molecule has 26 heavy (non-hydrogen) atoms. The molecule has 1 fully saturated rings. The highest BCUT2D eigenvalue weighted by atomic mass is 19.1. The van der Waals surface area contributed by atoms with Gasteiger partial charge >= 0.3 is 0 Å². The monoisotopic (exact) mass is 375 g/mol. The third-order valence-electron chi connectivity index (χ3n) is 4.72. The van der Waals surface area contributed by atoms with Gasteiger partial charge < -0.3 is 15.3 Å². The van der Waals surface area contributed by atoms with E-state index in [1.807, 2.05) is 6.92 Å². The number of hydrogen-bond acceptors (Lipinski definition) is 5. The second kappa shape index (κ2) is 11.1. The number of unbranched alkanes of at least 4 members (excludes halogenated alkanes) is 1. The van der Waals surface area contributed by atoms with Crippen molar-refractivity contribution in [3.8, 4) is 0 Å². The van der Waals surface area contributed by atoms with Gasteiger partial charge in [0, 0.05) is 13.1 Å². The number of hydroxylamine groups is 1. The molecule has 0 saturated carbocycles. The highest BCUT2D eigenvalue weighted by Gasteiger charge is 2.41. The molecule has 0 aromatic heterocycles. The van der Waals surface area contributed by atoms with Crippen LogP contribution in [0.3, 0.4) is 0 Å². The average Bonchev–Trinajstić information content (AvgIpc) is 3.14. The third-order valence-corrected chi connectivity index (χ3v) is 4.72. The lowest BCUT2D eigenvalue weighted by molar-refractivity contribution is -0.149. The Morgan fingerprint density at radius 1 is 1.31 bits per heavy atom. The van der Waals surface area contributed by atoms with Crippen molar-refractivity contribution in [1.29, 1.82) is 0 Å². The highest BCUT2D eigenvalue weighted by molar-refractivity contribution is 5.92. The number of carbonyl (C=O) groups excluding carboxylic acids is 3. The maximum atomic E-state index is 14.4.